The van der Waals surface area contributed by atoms with Crippen molar-refractivity contribution in [2.24, 2.45) is 5.92 Å². The number of hydrogen-bond donors (Lipinski definition) is 1. The molecule has 1 N–H and O–H groups in total. The molecule has 1 atom stereocenters. The standard InChI is InChI=1S/C22H25N3O4/c1-15-7-9-17(10-8-15)23-20(26)14-24(2)22(28)16-11-21(27)25(13-16)18-5-4-6-19(12-18)29-3/h4-10,12,16H,11,13-14H2,1-3H3,(H,23,26)/t16-/m0/s1. The molecule has 29 heavy (non-hydrogen) atoms. The lowest BCUT2D eigenvalue weighted by molar-refractivity contribution is -0.137. The van der Waals surface area contributed by atoms with E-state index in [1.165, 1.54) is 4.90 Å². The lowest BCUT2D eigenvalue weighted by Crippen LogP contribution is -2.39. The van der Waals surface area contributed by atoms with Gasteiger partial charge in [0.2, 0.25) is 17.7 Å². The number of nitrogens with zero attached hydrogens (tertiary/aromatic N) is 2. The van der Waals surface area contributed by atoms with Crippen LogP contribution in [-0.2, 0) is 14.4 Å². The predicted molar refractivity (Wildman–Crippen MR) is 111 cm³/mol. The molecule has 0 radical (unpaired) electrons. The van der Waals surface area contributed by atoms with Gasteiger partial charge in [-0.3, -0.25) is 14.4 Å². The van der Waals surface area contributed by atoms with E-state index in [0.717, 1.165) is 5.56 Å². The summed E-state index contributed by atoms with van der Waals surface area (Å²) in [5.74, 6) is -0.448. The van der Waals surface area contributed by atoms with Gasteiger partial charge in [-0.15, -0.1) is 0 Å². The minimum Gasteiger partial charge on any atom is -0.497 e. The topological polar surface area (TPSA) is 79.0 Å². The maximum absolute atomic E-state index is 12.8. The third-order valence-electron chi connectivity index (χ3n) is 4.93. The Hall–Kier alpha value is -3.35. The number of carbonyl (C=O) groups excluding carboxylic acids is 3. The molecule has 1 aliphatic rings. The van der Waals surface area contributed by atoms with Gasteiger partial charge in [-0.2, -0.15) is 0 Å². The van der Waals surface area contributed by atoms with Gasteiger partial charge in [-0.1, -0.05) is 23.8 Å². The number of anilines is 2. The minimum atomic E-state index is -0.481. The zero-order chi connectivity index (χ0) is 21.0. The van der Waals surface area contributed by atoms with E-state index in [2.05, 4.69) is 5.32 Å². The number of likely N-dealkylation sites (N-methyl/N-ethyl adjacent to an activating group) is 1. The normalized spacial score (nSPS) is 15.9. The average Bonchev–Trinajstić information content (AvgIpc) is 3.10. The highest BCUT2D eigenvalue weighted by molar-refractivity contribution is 6.01. The molecule has 3 amide bonds. The quantitative estimate of drug-likeness (QED) is 0.815. The summed E-state index contributed by atoms with van der Waals surface area (Å²) >= 11 is 0. The molecular weight excluding hydrogens is 370 g/mol. The maximum Gasteiger partial charge on any atom is 0.243 e. The largest absolute Gasteiger partial charge is 0.497 e. The molecule has 2 aromatic rings. The Kier molecular flexibility index (Phi) is 6.16. The first-order valence-corrected chi connectivity index (χ1v) is 9.43. The predicted octanol–water partition coefficient (Wildman–Crippen LogP) is 2.45. The first kappa shape index (κ1) is 20.4. The summed E-state index contributed by atoms with van der Waals surface area (Å²) in [6, 6.07) is 14.6. The van der Waals surface area contributed by atoms with Gasteiger partial charge in [-0.25, -0.2) is 0 Å². The van der Waals surface area contributed by atoms with Crippen LogP contribution in [0, 0.1) is 12.8 Å². The summed E-state index contributed by atoms with van der Waals surface area (Å²) in [6.45, 7) is 2.18. The third kappa shape index (κ3) is 4.93. The van der Waals surface area contributed by atoms with Gasteiger partial charge < -0.3 is 19.9 Å². The van der Waals surface area contributed by atoms with Crippen LogP contribution in [0.15, 0.2) is 48.5 Å². The van der Waals surface area contributed by atoms with Crippen LogP contribution < -0.4 is 15.0 Å². The smallest absolute Gasteiger partial charge is 0.243 e. The molecule has 0 bridgehead atoms. The molecule has 7 nitrogen and oxygen atoms in total. The fourth-order valence-electron chi connectivity index (χ4n) is 3.34. The van der Waals surface area contributed by atoms with Gasteiger partial charge in [0.15, 0.2) is 0 Å². The fraction of sp³-hybridized carbons (Fsp3) is 0.318. The summed E-state index contributed by atoms with van der Waals surface area (Å²) in [5.41, 5.74) is 2.48. The summed E-state index contributed by atoms with van der Waals surface area (Å²) in [5, 5.41) is 2.78. The Bertz CT molecular complexity index is 911. The highest BCUT2D eigenvalue weighted by Gasteiger charge is 2.36. The van der Waals surface area contributed by atoms with Crippen LogP contribution in [-0.4, -0.2) is 49.9 Å². The summed E-state index contributed by atoms with van der Waals surface area (Å²) in [4.78, 5) is 40.4. The van der Waals surface area contributed by atoms with E-state index >= 15 is 0 Å². The third-order valence-corrected chi connectivity index (χ3v) is 4.93. The van der Waals surface area contributed by atoms with Crippen molar-refractivity contribution in [1.82, 2.24) is 4.90 Å². The van der Waals surface area contributed by atoms with Crippen LogP contribution in [0.4, 0.5) is 11.4 Å². The molecule has 0 aliphatic carbocycles. The summed E-state index contributed by atoms with van der Waals surface area (Å²) in [6.07, 6.45) is 0.125. The maximum atomic E-state index is 12.8. The van der Waals surface area contributed by atoms with E-state index in [4.69, 9.17) is 4.74 Å². The van der Waals surface area contributed by atoms with Crippen LogP contribution in [0.1, 0.15) is 12.0 Å². The van der Waals surface area contributed by atoms with Crippen molar-refractivity contribution >= 4 is 29.1 Å². The van der Waals surface area contributed by atoms with Crippen LogP contribution >= 0.6 is 0 Å². The number of ether oxygens (including phenoxy) is 1. The first-order valence-electron chi connectivity index (χ1n) is 9.43. The Labute approximate surface area is 170 Å². The van der Waals surface area contributed by atoms with E-state index < -0.39 is 5.92 Å². The van der Waals surface area contributed by atoms with Crippen LogP contribution in [0.5, 0.6) is 5.75 Å². The van der Waals surface area contributed by atoms with Crippen molar-refractivity contribution in [3.8, 4) is 5.75 Å². The van der Waals surface area contributed by atoms with Gasteiger partial charge in [-0.05, 0) is 31.2 Å². The highest BCUT2D eigenvalue weighted by atomic mass is 16.5. The molecule has 0 saturated carbocycles. The number of rotatable bonds is 6. The average molecular weight is 395 g/mol. The molecule has 2 aromatic carbocycles. The monoisotopic (exact) mass is 395 g/mol. The first-order chi connectivity index (χ1) is 13.9. The van der Waals surface area contributed by atoms with Crippen molar-refractivity contribution < 1.29 is 19.1 Å². The van der Waals surface area contributed by atoms with E-state index in [1.807, 2.05) is 37.3 Å². The van der Waals surface area contributed by atoms with E-state index in [1.54, 1.807) is 37.3 Å². The number of nitrogens with one attached hydrogen (secondary N) is 1. The second-order valence-electron chi connectivity index (χ2n) is 7.22. The summed E-state index contributed by atoms with van der Waals surface area (Å²) in [7, 11) is 3.14. The van der Waals surface area contributed by atoms with Gasteiger partial charge in [0, 0.05) is 37.5 Å². The van der Waals surface area contributed by atoms with Crippen molar-refractivity contribution in [3.05, 3.63) is 54.1 Å². The molecule has 152 valence electrons. The number of amides is 3. The molecular formula is C22H25N3O4. The van der Waals surface area contributed by atoms with E-state index in [9.17, 15) is 14.4 Å². The number of hydrogen-bond acceptors (Lipinski definition) is 4. The molecule has 0 aromatic heterocycles. The Balaban J connectivity index is 1.58. The number of aryl methyl sites for hydroxylation is 1. The van der Waals surface area contributed by atoms with Crippen LogP contribution in [0.25, 0.3) is 0 Å². The second-order valence-corrected chi connectivity index (χ2v) is 7.22. The number of carbonyl (C=O) groups is 3. The van der Waals surface area contributed by atoms with Crippen molar-refractivity contribution in [2.45, 2.75) is 13.3 Å². The lowest BCUT2D eigenvalue weighted by atomic mass is 10.1. The highest BCUT2D eigenvalue weighted by Crippen LogP contribution is 2.28. The van der Waals surface area contributed by atoms with E-state index in [-0.39, 0.29) is 37.2 Å². The van der Waals surface area contributed by atoms with Crippen molar-refractivity contribution in [1.29, 1.82) is 0 Å². The van der Waals surface area contributed by atoms with E-state index in [0.29, 0.717) is 17.1 Å². The Morgan fingerprint density at radius 3 is 2.62 bits per heavy atom. The fourth-order valence-corrected chi connectivity index (χ4v) is 3.34. The minimum absolute atomic E-state index is 0.0729. The summed E-state index contributed by atoms with van der Waals surface area (Å²) < 4.78 is 5.20. The molecule has 0 spiro atoms. The SMILES string of the molecule is COc1cccc(N2C[C@@H](C(=O)N(C)CC(=O)Nc3ccc(C)cc3)CC2=O)c1. The zero-order valence-electron chi connectivity index (χ0n) is 16.8. The van der Waals surface area contributed by atoms with Crippen molar-refractivity contribution in [2.75, 3.05) is 37.5 Å². The van der Waals surface area contributed by atoms with Crippen LogP contribution in [0.3, 0.4) is 0 Å². The molecule has 1 heterocycles. The lowest BCUT2D eigenvalue weighted by Gasteiger charge is -2.21. The second kappa shape index (κ2) is 8.77. The van der Waals surface area contributed by atoms with Gasteiger partial charge in [0.25, 0.3) is 0 Å². The van der Waals surface area contributed by atoms with Gasteiger partial charge >= 0.3 is 0 Å². The zero-order valence-corrected chi connectivity index (χ0v) is 16.8. The molecule has 1 aliphatic heterocycles. The Morgan fingerprint density at radius 2 is 1.93 bits per heavy atom. The molecule has 0 unspecified atom stereocenters. The molecule has 3 rings (SSSR count). The van der Waals surface area contributed by atoms with Gasteiger partial charge in [0.05, 0.1) is 19.6 Å². The number of benzene rings is 2. The Morgan fingerprint density at radius 1 is 1.21 bits per heavy atom. The molecule has 1 saturated heterocycles. The van der Waals surface area contributed by atoms with Crippen LogP contribution in [0.2, 0.25) is 0 Å². The van der Waals surface area contributed by atoms with Crippen molar-refractivity contribution in [3.63, 3.8) is 0 Å². The molecule has 1 fully saturated rings. The number of methoxy groups -OCH3 is 1. The van der Waals surface area contributed by atoms with Gasteiger partial charge in [0.1, 0.15) is 5.75 Å². The molecule has 7 heteroatoms.